The van der Waals surface area contributed by atoms with Gasteiger partial charge in [-0.15, -0.1) is 4.90 Å². The predicted molar refractivity (Wildman–Crippen MR) is 54.3 cm³/mol. The maximum absolute atomic E-state index is 4.94. The SMILES string of the molecule is COc1ccccc1[S-].[CH-]=C.[Cl-].[Cu+].[Mg+2]. The Bertz CT molecular complexity index is 226. The first kappa shape index (κ1) is 24.0. The fraction of sp³-hybridized carbons (Fsp3) is 0.111. The molecule has 0 heterocycles. The van der Waals surface area contributed by atoms with Crippen molar-refractivity contribution in [1.82, 2.24) is 0 Å². The molecule has 0 spiro atoms. The summed E-state index contributed by atoms with van der Waals surface area (Å²) in [7, 11) is 1.62. The summed E-state index contributed by atoms with van der Waals surface area (Å²) in [5, 5.41) is 0. The Labute approximate surface area is 124 Å². The van der Waals surface area contributed by atoms with E-state index in [1.807, 2.05) is 24.3 Å². The van der Waals surface area contributed by atoms with Gasteiger partial charge in [-0.05, 0) is 6.07 Å². The molecule has 1 aromatic carbocycles. The Kier molecular flexibility index (Phi) is 27.4. The largest absolute Gasteiger partial charge is 2.00 e. The molecular weight excluding hydrogens is 279 g/mol. The van der Waals surface area contributed by atoms with Gasteiger partial charge in [0.2, 0.25) is 0 Å². The fourth-order valence-electron chi connectivity index (χ4n) is 0.619. The number of para-hydroxylation sites is 1. The van der Waals surface area contributed by atoms with Gasteiger partial charge >= 0.3 is 40.1 Å². The van der Waals surface area contributed by atoms with E-state index in [-0.39, 0.29) is 52.5 Å². The fourth-order valence-corrected chi connectivity index (χ4v) is 0.849. The van der Waals surface area contributed by atoms with Crippen LogP contribution in [0.25, 0.3) is 0 Å². The van der Waals surface area contributed by atoms with Gasteiger partial charge in [-0.2, -0.15) is 0 Å². The van der Waals surface area contributed by atoms with E-state index in [2.05, 4.69) is 13.2 Å². The van der Waals surface area contributed by atoms with Crippen LogP contribution in [0, 0.1) is 6.58 Å². The molecule has 0 radical (unpaired) electrons. The Balaban J connectivity index is -0.0000000942. The maximum atomic E-state index is 4.94. The summed E-state index contributed by atoms with van der Waals surface area (Å²) in [6, 6.07) is 7.48. The Morgan fingerprint density at radius 1 is 1.29 bits per heavy atom. The Morgan fingerprint density at radius 2 is 1.71 bits per heavy atom. The zero-order valence-corrected chi connectivity index (χ0v) is 11.7. The van der Waals surface area contributed by atoms with E-state index in [1.54, 1.807) is 7.11 Å². The van der Waals surface area contributed by atoms with Crippen molar-refractivity contribution in [3.8, 4) is 5.75 Å². The van der Waals surface area contributed by atoms with Crippen molar-refractivity contribution in [3.05, 3.63) is 37.4 Å². The number of benzene rings is 1. The number of halogens is 1. The number of methoxy groups -OCH3 is 1. The van der Waals surface area contributed by atoms with Crippen LogP contribution in [0.4, 0.5) is 0 Å². The molecule has 5 heteroatoms. The van der Waals surface area contributed by atoms with Crippen molar-refractivity contribution in [2.24, 2.45) is 0 Å². The molecule has 1 aromatic rings. The molecule has 0 saturated heterocycles. The van der Waals surface area contributed by atoms with E-state index in [0.29, 0.717) is 0 Å². The van der Waals surface area contributed by atoms with Crippen molar-refractivity contribution in [2.75, 3.05) is 7.11 Å². The normalized spacial score (nSPS) is 6.07. The van der Waals surface area contributed by atoms with Crippen LogP contribution in [0.3, 0.4) is 0 Å². The van der Waals surface area contributed by atoms with Gasteiger partial charge in [-0.3, -0.25) is 6.58 Å². The smallest absolute Gasteiger partial charge is 1.00 e. The number of hydrogen-bond acceptors (Lipinski definition) is 2. The third kappa shape index (κ3) is 9.12. The first-order chi connectivity index (χ1) is 5.34. The monoisotopic (exact) mass is 288 g/mol. The topological polar surface area (TPSA) is 9.23 Å². The zero-order valence-electron chi connectivity index (χ0n) is 7.80. The van der Waals surface area contributed by atoms with E-state index in [1.165, 1.54) is 0 Å². The Hall–Kier alpha value is 0.556. The second kappa shape index (κ2) is 16.0. The van der Waals surface area contributed by atoms with Crippen LogP contribution in [0.15, 0.2) is 35.7 Å². The Morgan fingerprint density at radius 3 is 2.00 bits per heavy atom. The first-order valence-corrected chi connectivity index (χ1v) is 3.46. The van der Waals surface area contributed by atoms with Crippen LogP contribution in [-0.4, -0.2) is 30.2 Å². The molecule has 0 bridgehead atoms. The van der Waals surface area contributed by atoms with E-state index < -0.39 is 0 Å². The molecule has 1 rings (SSSR count). The van der Waals surface area contributed by atoms with Crippen LogP contribution in [0.2, 0.25) is 0 Å². The quantitative estimate of drug-likeness (QED) is 0.366. The summed E-state index contributed by atoms with van der Waals surface area (Å²) in [5.74, 6) is 0.771. The van der Waals surface area contributed by atoms with Gasteiger partial charge in [0, 0.05) is 0 Å². The summed E-state index contributed by atoms with van der Waals surface area (Å²) in [6.07, 6.45) is 0. The second-order valence-corrected chi connectivity index (χ2v) is 2.09. The van der Waals surface area contributed by atoms with Gasteiger partial charge in [0.1, 0.15) is 0 Å². The third-order valence-corrected chi connectivity index (χ3v) is 1.41. The number of ether oxygens (including phenoxy) is 1. The number of hydrogen-bond donors (Lipinski definition) is 0. The van der Waals surface area contributed by atoms with Gasteiger partial charge in [0.15, 0.2) is 0 Å². The van der Waals surface area contributed by atoms with Crippen LogP contribution in [0.5, 0.6) is 5.75 Å². The molecule has 0 amide bonds. The summed E-state index contributed by atoms with van der Waals surface area (Å²) in [5.41, 5.74) is 0. The second-order valence-electron chi connectivity index (χ2n) is 1.65. The van der Waals surface area contributed by atoms with Crippen molar-refractivity contribution >= 4 is 35.7 Å². The molecule has 0 atom stereocenters. The summed E-state index contributed by atoms with van der Waals surface area (Å²) in [4.78, 5) is 0.764. The van der Waals surface area contributed by atoms with Crippen molar-refractivity contribution in [3.63, 3.8) is 0 Å². The minimum absolute atomic E-state index is 0. The van der Waals surface area contributed by atoms with Crippen LogP contribution < -0.4 is 17.1 Å². The van der Waals surface area contributed by atoms with Gasteiger partial charge in [-0.25, -0.2) is 0 Å². The van der Waals surface area contributed by atoms with Gasteiger partial charge in [-0.1, -0.05) is 18.2 Å². The van der Waals surface area contributed by atoms with Crippen molar-refractivity contribution in [1.29, 1.82) is 0 Å². The molecule has 0 fully saturated rings. The minimum atomic E-state index is 0. The van der Waals surface area contributed by atoms with E-state index >= 15 is 0 Å². The van der Waals surface area contributed by atoms with E-state index in [4.69, 9.17) is 17.4 Å². The van der Waals surface area contributed by atoms with Gasteiger partial charge in [0.25, 0.3) is 0 Å². The van der Waals surface area contributed by atoms with Crippen LogP contribution in [-0.2, 0) is 29.7 Å². The summed E-state index contributed by atoms with van der Waals surface area (Å²) < 4.78 is 4.94. The average molecular weight is 290 g/mol. The predicted octanol–water partition coefficient (Wildman–Crippen LogP) is -1.17. The first-order valence-electron chi connectivity index (χ1n) is 3.05. The molecule has 1 nitrogen and oxygen atoms in total. The zero-order chi connectivity index (χ0) is 8.69. The van der Waals surface area contributed by atoms with Gasteiger partial charge < -0.3 is 36.4 Å². The molecule has 0 aliphatic carbocycles. The molecule has 0 aliphatic heterocycles. The van der Waals surface area contributed by atoms with Crippen molar-refractivity contribution in [2.45, 2.75) is 4.90 Å². The maximum Gasteiger partial charge on any atom is 2.00 e. The number of rotatable bonds is 1. The van der Waals surface area contributed by atoms with Crippen molar-refractivity contribution < 1.29 is 34.2 Å². The standard InChI is InChI=1S/C7H8OS.C2H3.ClH.Cu.Mg/c1-8-6-4-2-3-5-7(6)9;1-2;;;/h2-5,9H,1H3;1H,2H2;1H;;/q;-1;;+1;+2/p-2. The summed E-state index contributed by atoms with van der Waals surface area (Å²) in [6.45, 7) is 7.00. The minimum Gasteiger partial charge on any atom is -1.00 e. The molecule has 0 N–H and O–H groups in total. The average Bonchev–Trinajstić information content (AvgIpc) is 2.09. The van der Waals surface area contributed by atoms with Gasteiger partial charge in [0.05, 0.1) is 12.9 Å². The molecule has 78 valence electrons. The molecule has 0 aromatic heterocycles. The third-order valence-electron chi connectivity index (χ3n) is 1.07. The van der Waals surface area contributed by atoms with E-state index in [9.17, 15) is 0 Å². The summed E-state index contributed by atoms with van der Waals surface area (Å²) >= 11 is 4.93. The molecular formula is C9H10ClCuMgOS. The molecule has 0 saturated carbocycles. The molecule has 14 heavy (non-hydrogen) atoms. The van der Waals surface area contributed by atoms with Crippen LogP contribution in [0.1, 0.15) is 0 Å². The van der Waals surface area contributed by atoms with E-state index in [0.717, 1.165) is 10.6 Å². The van der Waals surface area contributed by atoms with Crippen LogP contribution >= 0.6 is 0 Å². The molecule has 0 unspecified atom stereocenters. The molecule has 0 aliphatic rings.